The summed E-state index contributed by atoms with van der Waals surface area (Å²) in [5, 5.41) is 12.1. The van der Waals surface area contributed by atoms with E-state index in [1.165, 1.54) is 10.5 Å². The highest BCUT2D eigenvalue weighted by Crippen LogP contribution is 2.45. The second-order valence-electron chi connectivity index (χ2n) is 4.92. The third-order valence-electron chi connectivity index (χ3n) is 3.54. The third-order valence-corrected chi connectivity index (χ3v) is 4.84. The summed E-state index contributed by atoms with van der Waals surface area (Å²) in [6, 6.07) is 8.65. The first-order valence-electron chi connectivity index (χ1n) is 7.13. The molecule has 0 fully saturated rings. The fraction of sp³-hybridized carbons (Fsp3) is 0.467. The molecule has 1 aliphatic rings. The van der Waals surface area contributed by atoms with Gasteiger partial charge in [-0.15, -0.1) is 22.0 Å². The van der Waals surface area contributed by atoms with E-state index in [0.717, 1.165) is 25.3 Å². The van der Waals surface area contributed by atoms with Crippen LogP contribution in [-0.4, -0.2) is 16.7 Å². The van der Waals surface area contributed by atoms with E-state index in [4.69, 9.17) is 4.42 Å². The third kappa shape index (κ3) is 2.60. The van der Waals surface area contributed by atoms with Crippen molar-refractivity contribution in [1.29, 1.82) is 0 Å². The molecule has 0 bridgehead atoms. The zero-order valence-corrected chi connectivity index (χ0v) is 12.6. The molecule has 2 heterocycles. The van der Waals surface area contributed by atoms with Crippen LogP contribution >= 0.6 is 11.8 Å². The van der Waals surface area contributed by atoms with Gasteiger partial charge in [0.1, 0.15) is 0 Å². The van der Waals surface area contributed by atoms with Crippen LogP contribution in [0, 0.1) is 0 Å². The van der Waals surface area contributed by atoms with Crippen LogP contribution in [-0.2, 0) is 6.42 Å². The second-order valence-corrected chi connectivity index (χ2v) is 6.16. The smallest absolute Gasteiger partial charge is 0.233 e. The Morgan fingerprint density at radius 2 is 2.20 bits per heavy atom. The van der Waals surface area contributed by atoms with Crippen molar-refractivity contribution >= 4 is 11.8 Å². The first-order valence-corrected chi connectivity index (χ1v) is 8.01. The Labute approximate surface area is 123 Å². The van der Waals surface area contributed by atoms with Crippen LogP contribution in [0.1, 0.15) is 48.9 Å². The van der Waals surface area contributed by atoms with Gasteiger partial charge in [-0.2, -0.15) is 0 Å². The minimum absolute atomic E-state index is 0.162. The minimum atomic E-state index is 0.162. The summed E-state index contributed by atoms with van der Waals surface area (Å²) in [6.07, 6.45) is 1.92. The van der Waals surface area contributed by atoms with Crippen molar-refractivity contribution < 1.29 is 4.42 Å². The molecule has 0 aliphatic carbocycles. The molecule has 1 N–H and O–H groups in total. The summed E-state index contributed by atoms with van der Waals surface area (Å²) in [7, 11) is 0. The minimum Gasteiger partial charge on any atom is -0.422 e. The van der Waals surface area contributed by atoms with Crippen LogP contribution < -0.4 is 5.32 Å². The zero-order chi connectivity index (χ0) is 13.9. The van der Waals surface area contributed by atoms with Crippen molar-refractivity contribution in [3.63, 3.8) is 0 Å². The number of hydrogen-bond donors (Lipinski definition) is 1. The van der Waals surface area contributed by atoms with E-state index in [0.29, 0.717) is 5.89 Å². The van der Waals surface area contributed by atoms with E-state index < -0.39 is 0 Å². The lowest BCUT2D eigenvalue weighted by Gasteiger charge is -2.10. The van der Waals surface area contributed by atoms with Crippen LogP contribution in [0.25, 0.3) is 0 Å². The highest BCUT2D eigenvalue weighted by Gasteiger charge is 2.28. The monoisotopic (exact) mass is 289 g/mol. The lowest BCUT2D eigenvalue weighted by Crippen LogP contribution is -2.20. The number of benzene rings is 1. The fourth-order valence-electron chi connectivity index (χ4n) is 2.49. The lowest BCUT2D eigenvalue weighted by molar-refractivity contribution is 0.375. The molecule has 0 spiro atoms. The van der Waals surface area contributed by atoms with Gasteiger partial charge in [-0.1, -0.05) is 32.0 Å². The summed E-state index contributed by atoms with van der Waals surface area (Å²) in [5.74, 6) is 1.46. The van der Waals surface area contributed by atoms with Crippen molar-refractivity contribution in [3.05, 3.63) is 41.6 Å². The standard InChI is InChI=1S/C15H19N3OS/c1-3-11(16-4-2)14-17-18-15(19-14)13-9-10-7-5-6-8-12(10)20-13/h5-8,11,13,16H,3-4,9H2,1-2H3. The molecule has 4 nitrogen and oxygen atoms in total. The lowest BCUT2D eigenvalue weighted by atomic mass is 10.1. The van der Waals surface area contributed by atoms with Gasteiger partial charge in [-0.25, -0.2) is 0 Å². The van der Waals surface area contributed by atoms with Gasteiger partial charge in [0.25, 0.3) is 0 Å². The number of rotatable bonds is 5. The number of thioether (sulfide) groups is 1. The van der Waals surface area contributed by atoms with Crippen molar-refractivity contribution in [1.82, 2.24) is 15.5 Å². The van der Waals surface area contributed by atoms with Gasteiger partial charge in [0, 0.05) is 4.90 Å². The number of hydrogen-bond acceptors (Lipinski definition) is 5. The number of aromatic nitrogens is 2. The quantitative estimate of drug-likeness (QED) is 0.912. The van der Waals surface area contributed by atoms with Gasteiger partial charge in [0.15, 0.2) is 0 Å². The van der Waals surface area contributed by atoms with E-state index in [1.807, 2.05) is 11.8 Å². The maximum Gasteiger partial charge on any atom is 0.233 e. The van der Waals surface area contributed by atoms with E-state index >= 15 is 0 Å². The summed E-state index contributed by atoms with van der Waals surface area (Å²) >= 11 is 1.82. The first-order chi connectivity index (χ1) is 9.81. The summed E-state index contributed by atoms with van der Waals surface area (Å²) < 4.78 is 5.90. The molecule has 1 aromatic heterocycles. The van der Waals surface area contributed by atoms with Crippen LogP contribution in [0.2, 0.25) is 0 Å². The maximum absolute atomic E-state index is 5.90. The van der Waals surface area contributed by atoms with E-state index in [-0.39, 0.29) is 11.3 Å². The molecule has 0 saturated carbocycles. The van der Waals surface area contributed by atoms with E-state index in [2.05, 4.69) is 53.6 Å². The molecule has 5 heteroatoms. The van der Waals surface area contributed by atoms with Gasteiger partial charge >= 0.3 is 0 Å². The highest BCUT2D eigenvalue weighted by molar-refractivity contribution is 7.99. The van der Waals surface area contributed by atoms with Gasteiger partial charge in [-0.05, 0) is 31.0 Å². The van der Waals surface area contributed by atoms with E-state index in [9.17, 15) is 0 Å². The largest absolute Gasteiger partial charge is 0.422 e. The Bertz CT molecular complexity index is 559. The topological polar surface area (TPSA) is 51.0 Å². The molecular formula is C15H19N3OS. The first kappa shape index (κ1) is 13.6. The number of nitrogens with one attached hydrogen (secondary N) is 1. The van der Waals surface area contributed by atoms with Gasteiger partial charge < -0.3 is 9.73 Å². The molecule has 0 radical (unpaired) electrons. The Morgan fingerprint density at radius 1 is 1.35 bits per heavy atom. The summed E-state index contributed by atoms with van der Waals surface area (Å²) in [5.41, 5.74) is 1.38. The highest BCUT2D eigenvalue weighted by atomic mass is 32.2. The Hall–Kier alpha value is -1.33. The van der Waals surface area contributed by atoms with Gasteiger partial charge in [0.05, 0.1) is 11.3 Å². The van der Waals surface area contributed by atoms with Crippen molar-refractivity contribution in [2.24, 2.45) is 0 Å². The van der Waals surface area contributed by atoms with Crippen molar-refractivity contribution in [3.8, 4) is 0 Å². The molecule has 2 aromatic rings. The Morgan fingerprint density at radius 3 is 2.95 bits per heavy atom. The van der Waals surface area contributed by atoms with Crippen molar-refractivity contribution in [2.45, 2.75) is 42.9 Å². The predicted molar refractivity (Wildman–Crippen MR) is 79.8 cm³/mol. The molecule has 1 aromatic carbocycles. The maximum atomic E-state index is 5.90. The van der Waals surface area contributed by atoms with Crippen LogP contribution in [0.5, 0.6) is 0 Å². The molecular weight excluding hydrogens is 270 g/mol. The predicted octanol–water partition coefficient (Wildman–Crippen LogP) is 3.52. The number of nitrogens with zero attached hydrogens (tertiary/aromatic N) is 2. The molecule has 0 saturated heterocycles. The molecule has 20 heavy (non-hydrogen) atoms. The van der Waals surface area contributed by atoms with Crippen LogP contribution in [0.3, 0.4) is 0 Å². The molecule has 106 valence electrons. The Balaban J connectivity index is 1.75. The number of fused-ring (bicyclic) bond motifs is 1. The van der Waals surface area contributed by atoms with Crippen LogP contribution in [0.4, 0.5) is 0 Å². The summed E-state index contributed by atoms with van der Waals surface area (Å²) in [4.78, 5) is 1.33. The molecule has 3 rings (SSSR count). The normalized spacial score (nSPS) is 19.0. The summed E-state index contributed by atoms with van der Waals surface area (Å²) in [6.45, 7) is 5.11. The SMILES string of the molecule is CCNC(CC)c1nnc(C2Cc3ccccc3S2)o1. The average Bonchev–Trinajstić information content (AvgIpc) is 3.10. The van der Waals surface area contributed by atoms with Crippen molar-refractivity contribution in [2.75, 3.05) is 6.54 Å². The van der Waals surface area contributed by atoms with E-state index in [1.54, 1.807) is 0 Å². The molecule has 2 atom stereocenters. The van der Waals surface area contributed by atoms with Gasteiger partial charge in [0.2, 0.25) is 11.8 Å². The van der Waals surface area contributed by atoms with Gasteiger partial charge in [-0.3, -0.25) is 0 Å². The molecule has 2 unspecified atom stereocenters. The Kier molecular flexibility index (Phi) is 4.08. The zero-order valence-electron chi connectivity index (χ0n) is 11.8. The fourth-order valence-corrected chi connectivity index (χ4v) is 3.72. The second kappa shape index (κ2) is 5.97. The van der Waals surface area contributed by atoms with Crippen LogP contribution in [0.15, 0.2) is 33.6 Å². The molecule has 0 amide bonds. The molecule has 1 aliphatic heterocycles. The average molecular weight is 289 g/mol.